The molecule has 0 saturated carbocycles. The van der Waals surface area contributed by atoms with Crippen molar-refractivity contribution in [2.75, 3.05) is 13.6 Å². The Balaban J connectivity index is 2.32. The number of rotatable bonds is 1. The van der Waals surface area contributed by atoms with Crippen LogP contribution in [0.1, 0.15) is 23.6 Å². The van der Waals surface area contributed by atoms with E-state index in [1.165, 1.54) is 0 Å². The van der Waals surface area contributed by atoms with E-state index in [0.717, 1.165) is 18.5 Å². The van der Waals surface area contributed by atoms with Crippen LogP contribution >= 0.6 is 0 Å². The quantitative estimate of drug-likeness (QED) is 0.744. The summed E-state index contributed by atoms with van der Waals surface area (Å²) in [6.45, 7) is 1.03. The third-order valence-corrected chi connectivity index (χ3v) is 3.05. The molecule has 1 fully saturated rings. The minimum atomic E-state index is 0.184. The van der Waals surface area contributed by atoms with Gasteiger partial charge in [-0.05, 0) is 31.2 Å². The highest BCUT2D eigenvalue weighted by atomic mass is 15.2. The van der Waals surface area contributed by atoms with Crippen LogP contribution in [0.25, 0.3) is 0 Å². The van der Waals surface area contributed by atoms with E-state index in [-0.39, 0.29) is 12.1 Å². The van der Waals surface area contributed by atoms with Crippen LogP contribution in [0.15, 0.2) is 24.3 Å². The van der Waals surface area contributed by atoms with E-state index in [9.17, 15) is 0 Å². The molecule has 1 aromatic rings. The summed E-state index contributed by atoms with van der Waals surface area (Å²) in [4.78, 5) is 2.25. The third-order valence-electron chi connectivity index (χ3n) is 3.05. The predicted octanol–water partition coefficient (Wildman–Crippen LogP) is 1.26. The highest BCUT2D eigenvalue weighted by Crippen LogP contribution is 2.29. The summed E-state index contributed by atoms with van der Waals surface area (Å²) in [5, 5.41) is 8.84. The topological polar surface area (TPSA) is 53.0 Å². The van der Waals surface area contributed by atoms with Gasteiger partial charge in [-0.2, -0.15) is 5.26 Å². The molecule has 2 atom stereocenters. The van der Waals surface area contributed by atoms with Crippen LogP contribution in [0.3, 0.4) is 0 Å². The Hall–Kier alpha value is -1.37. The van der Waals surface area contributed by atoms with Crippen LogP contribution in [0.4, 0.5) is 0 Å². The summed E-state index contributed by atoms with van der Waals surface area (Å²) in [7, 11) is 2.08. The van der Waals surface area contributed by atoms with Gasteiger partial charge < -0.3 is 5.73 Å². The smallest absolute Gasteiger partial charge is 0.0991 e. The number of likely N-dealkylation sites (N-methyl/N-ethyl adjacent to an activating group) is 1. The van der Waals surface area contributed by atoms with E-state index < -0.39 is 0 Å². The largest absolute Gasteiger partial charge is 0.326 e. The molecule has 3 heteroatoms. The zero-order valence-electron chi connectivity index (χ0n) is 8.85. The standard InChI is InChI=1S/C12H15N3/c1-15-6-5-11(14)12(15)10-4-2-3-9(7-10)8-13/h2-4,7,11-12H,5-6,14H2,1H3. The van der Waals surface area contributed by atoms with Crippen molar-refractivity contribution in [2.45, 2.75) is 18.5 Å². The molecule has 78 valence electrons. The lowest BCUT2D eigenvalue weighted by Gasteiger charge is -2.23. The van der Waals surface area contributed by atoms with Gasteiger partial charge in [-0.3, -0.25) is 4.90 Å². The monoisotopic (exact) mass is 201 g/mol. The first-order valence-electron chi connectivity index (χ1n) is 5.18. The molecule has 1 heterocycles. The van der Waals surface area contributed by atoms with Crippen molar-refractivity contribution in [1.29, 1.82) is 5.26 Å². The van der Waals surface area contributed by atoms with E-state index in [4.69, 9.17) is 11.0 Å². The first-order chi connectivity index (χ1) is 7.22. The average molecular weight is 201 g/mol. The molecule has 3 nitrogen and oxygen atoms in total. The molecule has 1 aliphatic heterocycles. The highest BCUT2D eigenvalue weighted by Gasteiger charge is 2.30. The first-order valence-corrected chi connectivity index (χ1v) is 5.18. The van der Waals surface area contributed by atoms with Gasteiger partial charge in [-0.25, -0.2) is 0 Å². The molecule has 0 radical (unpaired) electrons. The predicted molar refractivity (Wildman–Crippen MR) is 59.1 cm³/mol. The van der Waals surface area contributed by atoms with Crippen molar-refractivity contribution in [1.82, 2.24) is 4.90 Å². The van der Waals surface area contributed by atoms with Crippen LogP contribution in [-0.4, -0.2) is 24.5 Å². The van der Waals surface area contributed by atoms with Crippen molar-refractivity contribution in [3.63, 3.8) is 0 Å². The minimum absolute atomic E-state index is 0.184. The lowest BCUT2D eigenvalue weighted by molar-refractivity contribution is 0.304. The Morgan fingerprint density at radius 1 is 1.53 bits per heavy atom. The van der Waals surface area contributed by atoms with E-state index >= 15 is 0 Å². The molecule has 1 aliphatic rings. The molecule has 15 heavy (non-hydrogen) atoms. The molecule has 1 saturated heterocycles. The number of hydrogen-bond donors (Lipinski definition) is 1. The summed E-state index contributed by atoms with van der Waals surface area (Å²) in [5.41, 5.74) is 7.93. The van der Waals surface area contributed by atoms with Gasteiger partial charge in [0.2, 0.25) is 0 Å². The van der Waals surface area contributed by atoms with E-state index in [1.54, 1.807) is 0 Å². The average Bonchev–Trinajstić information content (AvgIpc) is 2.59. The molecule has 0 amide bonds. The Morgan fingerprint density at radius 2 is 2.33 bits per heavy atom. The van der Waals surface area contributed by atoms with E-state index in [0.29, 0.717) is 5.56 Å². The molecule has 1 aromatic carbocycles. The molecular formula is C12H15N3. The molecule has 0 aromatic heterocycles. The number of likely N-dealkylation sites (tertiary alicyclic amines) is 1. The van der Waals surface area contributed by atoms with Crippen LogP contribution in [0.5, 0.6) is 0 Å². The summed E-state index contributed by atoms with van der Waals surface area (Å²) in [6.07, 6.45) is 1.03. The molecule has 2 rings (SSSR count). The van der Waals surface area contributed by atoms with Gasteiger partial charge in [0.25, 0.3) is 0 Å². The third kappa shape index (κ3) is 1.87. The van der Waals surface area contributed by atoms with Crippen molar-refractivity contribution in [2.24, 2.45) is 5.73 Å². The van der Waals surface area contributed by atoms with E-state index in [2.05, 4.69) is 18.0 Å². The summed E-state index contributed by atoms with van der Waals surface area (Å²) < 4.78 is 0. The molecule has 0 aliphatic carbocycles. The summed E-state index contributed by atoms with van der Waals surface area (Å²) in [5.74, 6) is 0. The molecule has 2 N–H and O–H groups in total. The summed E-state index contributed by atoms with van der Waals surface area (Å²) >= 11 is 0. The maximum atomic E-state index is 8.84. The Labute approximate surface area is 90.1 Å². The highest BCUT2D eigenvalue weighted by molar-refractivity contribution is 5.35. The second-order valence-corrected chi connectivity index (χ2v) is 4.12. The fourth-order valence-corrected chi connectivity index (χ4v) is 2.27. The number of hydrogen-bond acceptors (Lipinski definition) is 3. The maximum Gasteiger partial charge on any atom is 0.0991 e. The second kappa shape index (κ2) is 4.01. The fourth-order valence-electron chi connectivity index (χ4n) is 2.27. The van der Waals surface area contributed by atoms with Gasteiger partial charge >= 0.3 is 0 Å². The van der Waals surface area contributed by atoms with Crippen LogP contribution in [-0.2, 0) is 0 Å². The lowest BCUT2D eigenvalue weighted by atomic mass is 9.99. The lowest BCUT2D eigenvalue weighted by Crippen LogP contribution is -2.29. The van der Waals surface area contributed by atoms with Crippen LogP contribution < -0.4 is 5.73 Å². The van der Waals surface area contributed by atoms with Gasteiger partial charge in [0, 0.05) is 18.6 Å². The number of nitrogens with two attached hydrogens (primary N) is 1. The molecular weight excluding hydrogens is 186 g/mol. The molecule has 2 unspecified atom stereocenters. The van der Waals surface area contributed by atoms with E-state index in [1.807, 2.05) is 24.3 Å². The SMILES string of the molecule is CN1CCC(N)C1c1cccc(C#N)c1. The Bertz CT molecular complexity index is 384. The number of benzene rings is 1. The number of nitrogens with zero attached hydrogens (tertiary/aromatic N) is 2. The summed E-state index contributed by atoms with van der Waals surface area (Å²) in [6, 6.07) is 10.3. The van der Waals surface area contributed by atoms with Crippen molar-refractivity contribution in [3.05, 3.63) is 35.4 Å². The van der Waals surface area contributed by atoms with Gasteiger partial charge in [0.15, 0.2) is 0 Å². The first kappa shape index (κ1) is 10.2. The van der Waals surface area contributed by atoms with Gasteiger partial charge in [-0.15, -0.1) is 0 Å². The van der Waals surface area contributed by atoms with Gasteiger partial charge in [0.05, 0.1) is 11.6 Å². The van der Waals surface area contributed by atoms with Crippen molar-refractivity contribution in [3.8, 4) is 6.07 Å². The van der Waals surface area contributed by atoms with Crippen molar-refractivity contribution >= 4 is 0 Å². The van der Waals surface area contributed by atoms with Crippen molar-refractivity contribution < 1.29 is 0 Å². The van der Waals surface area contributed by atoms with Crippen LogP contribution in [0.2, 0.25) is 0 Å². The maximum absolute atomic E-state index is 8.84. The Kier molecular flexibility index (Phi) is 2.72. The minimum Gasteiger partial charge on any atom is -0.326 e. The second-order valence-electron chi connectivity index (χ2n) is 4.12. The molecule has 0 bridgehead atoms. The zero-order valence-corrected chi connectivity index (χ0v) is 8.85. The Morgan fingerprint density at radius 3 is 2.93 bits per heavy atom. The zero-order chi connectivity index (χ0) is 10.8. The fraction of sp³-hybridized carbons (Fsp3) is 0.417. The van der Waals surface area contributed by atoms with Gasteiger partial charge in [0.1, 0.15) is 0 Å². The van der Waals surface area contributed by atoms with Gasteiger partial charge in [-0.1, -0.05) is 12.1 Å². The normalized spacial score (nSPS) is 26.5. The van der Waals surface area contributed by atoms with Crippen LogP contribution in [0, 0.1) is 11.3 Å². The molecule has 0 spiro atoms. The number of nitriles is 1.